The lowest BCUT2D eigenvalue weighted by atomic mass is 9.70. The van der Waals surface area contributed by atoms with Crippen LogP contribution in [0.15, 0.2) is 47.6 Å². The summed E-state index contributed by atoms with van der Waals surface area (Å²) in [7, 11) is 0. The maximum atomic E-state index is 13.5. The fraction of sp³-hybridized carbons (Fsp3) is 0.607. The molecule has 6 atom stereocenters. The summed E-state index contributed by atoms with van der Waals surface area (Å²) >= 11 is 0. The molecule has 1 aromatic carbocycles. The molecule has 2 aliphatic carbocycles. The van der Waals surface area contributed by atoms with Gasteiger partial charge in [-0.05, 0) is 49.5 Å². The van der Waals surface area contributed by atoms with Crippen molar-refractivity contribution >= 4 is 17.5 Å². The summed E-state index contributed by atoms with van der Waals surface area (Å²) in [5, 5.41) is 4.68. The minimum atomic E-state index is -0.770. The summed E-state index contributed by atoms with van der Waals surface area (Å²) in [6.45, 7) is 10.0. The average Bonchev–Trinajstić information content (AvgIpc) is 3.49. The Labute approximate surface area is 201 Å². The topological polar surface area (TPSA) is 71.0 Å². The van der Waals surface area contributed by atoms with Gasteiger partial charge in [0.15, 0.2) is 0 Å². The second kappa shape index (κ2) is 7.03. The van der Waals surface area contributed by atoms with Crippen LogP contribution in [0.4, 0.5) is 0 Å². The molecule has 1 N–H and O–H groups in total. The molecule has 6 heteroatoms. The van der Waals surface area contributed by atoms with Gasteiger partial charge in [0.05, 0.1) is 24.0 Å². The minimum Gasteiger partial charge on any atom is -0.357 e. The number of hydrazone groups is 1. The van der Waals surface area contributed by atoms with Crippen LogP contribution in [0.3, 0.4) is 0 Å². The SMILES string of the molecule is CC12C=CC3(CN(CCc4ccccc4)C(=O)C3C1C(=O)N/N=C1\C[C@H]3CC[C@]1(C)C3(C)C)O2. The molecule has 4 bridgehead atoms. The second-order valence-electron chi connectivity index (χ2n) is 12.1. The number of hydrogen-bond donors (Lipinski definition) is 1. The molecule has 1 spiro atoms. The standard InChI is InChI=1S/C28H35N3O3/c1-25(2)19-10-12-26(25,3)20(16-19)29-30-23(32)21-22-24(33)31(15-11-18-8-6-5-7-9-18)17-28(22)14-13-27(21,4)34-28/h5-9,13-14,19,21-22H,10-12,15-17H2,1-4H3,(H,30,32)/b29-20+/t19-,21?,22?,26+,27?,28?/m1/s1. The van der Waals surface area contributed by atoms with Gasteiger partial charge in [-0.15, -0.1) is 0 Å². The van der Waals surface area contributed by atoms with E-state index in [0.717, 1.165) is 25.0 Å². The molecule has 1 aromatic rings. The number of ether oxygens (including phenoxy) is 1. The monoisotopic (exact) mass is 461 g/mol. The minimum absolute atomic E-state index is 0.0184. The van der Waals surface area contributed by atoms with Gasteiger partial charge in [-0.2, -0.15) is 5.10 Å². The van der Waals surface area contributed by atoms with Crippen LogP contribution in [0.1, 0.15) is 52.5 Å². The molecule has 4 unspecified atom stereocenters. The first kappa shape index (κ1) is 22.0. The summed E-state index contributed by atoms with van der Waals surface area (Å²) in [5.74, 6) is -0.628. The molecule has 2 saturated heterocycles. The first-order chi connectivity index (χ1) is 16.1. The smallest absolute Gasteiger partial charge is 0.247 e. The van der Waals surface area contributed by atoms with Crippen molar-refractivity contribution in [2.45, 2.75) is 64.6 Å². The Morgan fingerprint density at radius 2 is 1.94 bits per heavy atom. The van der Waals surface area contributed by atoms with E-state index in [1.165, 1.54) is 12.0 Å². The normalized spacial score (nSPS) is 42.1. The van der Waals surface area contributed by atoms with Gasteiger partial charge < -0.3 is 9.64 Å². The van der Waals surface area contributed by atoms with Gasteiger partial charge >= 0.3 is 0 Å². The first-order valence-corrected chi connectivity index (χ1v) is 12.7. The number of carbonyl (C=O) groups excluding carboxylic acids is 2. The van der Waals surface area contributed by atoms with E-state index in [9.17, 15) is 9.59 Å². The quantitative estimate of drug-likeness (QED) is 0.537. The molecule has 3 heterocycles. The van der Waals surface area contributed by atoms with Gasteiger partial charge in [0, 0.05) is 17.7 Å². The number of nitrogens with zero attached hydrogens (tertiary/aromatic N) is 2. The Morgan fingerprint density at radius 1 is 1.18 bits per heavy atom. The van der Waals surface area contributed by atoms with Crippen LogP contribution in [0, 0.1) is 28.6 Å². The summed E-state index contributed by atoms with van der Waals surface area (Å²) in [6.07, 6.45) is 8.09. The highest BCUT2D eigenvalue weighted by molar-refractivity contribution is 5.97. The van der Waals surface area contributed by atoms with Crippen molar-refractivity contribution in [2.24, 2.45) is 33.7 Å². The zero-order chi connectivity index (χ0) is 23.9. The number of carbonyl (C=O) groups is 2. The highest BCUT2D eigenvalue weighted by Gasteiger charge is 2.71. The van der Waals surface area contributed by atoms with Crippen molar-refractivity contribution < 1.29 is 14.3 Å². The molecular formula is C28H35N3O3. The summed E-state index contributed by atoms with van der Waals surface area (Å²) in [4.78, 5) is 29.0. The molecule has 6 nitrogen and oxygen atoms in total. The molecule has 2 amide bonds. The largest absolute Gasteiger partial charge is 0.357 e. The number of likely N-dealkylation sites (tertiary alicyclic amines) is 1. The lowest BCUT2D eigenvalue weighted by Gasteiger charge is -2.34. The predicted octanol–water partition coefficient (Wildman–Crippen LogP) is 3.72. The van der Waals surface area contributed by atoms with Crippen LogP contribution in [-0.4, -0.2) is 46.7 Å². The number of fused-ring (bicyclic) bond motifs is 3. The van der Waals surface area contributed by atoms with Crippen molar-refractivity contribution in [1.82, 2.24) is 10.3 Å². The fourth-order valence-corrected chi connectivity index (χ4v) is 7.64. The van der Waals surface area contributed by atoms with E-state index in [1.807, 2.05) is 42.2 Å². The highest BCUT2D eigenvalue weighted by Crippen LogP contribution is 2.64. The van der Waals surface area contributed by atoms with Crippen molar-refractivity contribution in [1.29, 1.82) is 0 Å². The van der Waals surface area contributed by atoms with Gasteiger partial charge in [-0.25, -0.2) is 5.43 Å². The number of rotatable bonds is 5. The number of hydrogen-bond acceptors (Lipinski definition) is 4. The van der Waals surface area contributed by atoms with Gasteiger partial charge in [0.2, 0.25) is 11.8 Å². The maximum absolute atomic E-state index is 13.5. The third-order valence-electron chi connectivity index (χ3n) is 10.2. The van der Waals surface area contributed by atoms with Crippen molar-refractivity contribution in [3.63, 3.8) is 0 Å². The van der Waals surface area contributed by atoms with Gasteiger partial charge in [0.1, 0.15) is 5.60 Å². The Kier molecular flexibility index (Phi) is 4.55. The third kappa shape index (κ3) is 2.81. The molecular weight excluding hydrogens is 426 g/mol. The van der Waals surface area contributed by atoms with E-state index >= 15 is 0 Å². The van der Waals surface area contributed by atoms with Crippen LogP contribution >= 0.6 is 0 Å². The van der Waals surface area contributed by atoms with E-state index in [-0.39, 0.29) is 22.6 Å². The molecule has 180 valence electrons. The van der Waals surface area contributed by atoms with Crippen molar-refractivity contribution in [3.05, 3.63) is 48.0 Å². The van der Waals surface area contributed by atoms with Crippen molar-refractivity contribution in [3.8, 4) is 0 Å². The molecule has 5 aliphatic rings. The Balaban J connectivity index is 1.20. The van der Waals surface area contributed by atoms with E-state index < -0.39 is 23.0 Å². The zero-order valence-corrected chi connectivity index (χ0v) is 20.6. The van der Waals surface area contributed by atoms with Gasteiger partial charge in [-0.1, -0.05) is 63.3 Å². The average molecular weight is 462 g/mol. The molecule has 6 rings (SSSR count). The Bertz CT molecular complexity index is 1110. The molecule has 2 saturated carbocycles. The lowest BCUT2D eigenvalue weighted by Crippen LogP contribution is -2.47. The second-order valence-corrected chi connectivity index (χ2v) is 12.1. The van der Waals surface area contributed by atoms with Gasteiger partial charge in [-0.3, -0.25) is 9.59 Å². The molecule has 0 aromatic heterocycles. The Morgan fingerprint density at radius 3 is 2.62 bits per heavy atom. The fourth-order valence-electron chi connectivity index (χ4n) is 7.64. The van der Waals surface area contributed by atoms with E-state index in [2.05, 4.69) is 43.4 Å². The Hall–Kier alpha value is -2.47. The number of amides is 2. The van der Waals surface area contributed by atoms with Crippen LogP contribution in [-0.2, 0) is 20.7 Å². The van der Waals surface area contributed by atoms with Crippen LogP contribution in [0.5, 0.6) is 0 Å². The van der Waals surface area contributed by atoms with Crippen LogP contribution in [0.25, 0.3) is 0 Å². The first-order valence-electron chi connectivity index (χ1n) is 12.7. The maximum Gasteiger partial charge on any atom is 0.247 e. The highest BCUT2D eigenvalue weighted by atomic mass is 16.5. The number of benzene rings is 1. The van der Waals surface area contributed by atoms with Crippen LogP contribution < -0.4 is 5.43 Å². The predicted molar refractivity (Wildman–Crippen MR) is 130 cm³/mol. The molecule has 34 heavy (non-hydrogen) atoms. The van der Waals surface area contributed by atoms with Gasteiger partial charge in [0.25, 0.3) is 0 Å². The number of nitrogens with one attached hydrogen (secondary N) is 1. The summed E-state index contributed by atoms with van der Waals surface area (Å²) < 4.78 is 6.45. The summed E-state index contributed by atoms with van der Waals surface area (Å²) in [6, 6.07) is 10.2. The van der Waals surface area contributed by atoms with E-state index in [0.29, 0.717) is 19.0 Å². The van der Waals surface area contributed by atoms with Crippen molar-refractivity contribution in [2.75, 3.05) is 13.1 Å². The van der Waals surface area contributed by atoms with E-state index in [1.54, 1.807) is 0 Å². The molecule has 4 fully saturated rings. The van der Waals surface area contributed by atoms with E-state index in [4.69, 9.17) is 4.74 Å². The lowest BCUT2D eigenvalue weighted by molar-refractivity contribution is -0.139. The third-order valence-corrected chi connectivity index (χ3v) is 10.2. The molecule has 0 radical (unpaired) electrons. The molecule has 3 aliphatic heterocycles. The summed E-state index contributed by atoms with van der Waals surface area (Å²) in [5.41, 5.74) is 3.94. The van der Waals surface area contributed by atoms with Crippen LogP contribution in [0.2, 0.25) is 0 Å². The zero-order valence-electron chi connectivity index (χ0n) is 20.6.